The van der Waals surface area contributed by atoms with Crippen molar-refractivity contribution in [2.45, 2.75) is 31.8 Å². The first-order valence-corrected chi connectivity index (χ1v) is 12.7. The van der Waals surface area contributed by atoms with Crippen LogP contribution >= 0.6 is 0 Å². The molecule has 0 saturated heterocycles. The van der Waals surface area contributed by atoms with Gasteiger partial charge in [-0.25, -0.2) is 9.97 Å². The van der Waals surface area contributed by atoms with E-state index in [1.54, 1.807) is 36.7 Å². The largest absolute Gasteiger partial charge is 0.394 e. The fourth-order valence-electron chi connectivity index (χ4n) is 4.60. The molecule has 0 saturated carbocycles. The van der Waals surface area contributed by atoms with Crippen molar-refractivity contribution in [3.05, 3.63) is 95.9 Å². The van der Waals surface area contributed by atoms with Crippen molar-refractivity contribution in [3.63, 3.8) is 0 Å². The molecule has 11 nitrogen and oxygen atoms in total. The molecule has 40 heavy (non-hydrogen) atoms. The standard InChI is InChI=1S/C29H27N7O4/c1-29(2)25-18(28(38)39-29)11-12-23(34-25)33-24-14-21(32-22(16-37)17-8-4-3-5-9-17)19(15-31-24)27-35-26(36-40-27)20-10-6-7-13-30-20/h3-15,22,28,37-38H,16H2,1-2H3,(H2,31,32,33,34)/t22-,28?/m1/s1. The van der Waals surface area contributed by atoms with Gasteiger partial charge in [0.1, 0.15) is 22.9 Å². The minimum Gasteiger partial charge on any atom is -0.394 e. The molecule has 1 aliphatic heterocycles. The molecule has 202 valence electrons. The predicted octanol–water partition coefficient (Wildman–Crippen LogP) is 4.73. The summed E-state index contributed by atoms with van der Waals surface area (Å²) in [6, 6.07) is 20.0. The van der Waals surface area contributed by atoms with Crippen LogP contribution in [0.15, 0.2) is 83.6 Å². The zero-order valence-electron chi connectivity index (χ0n) is 21.8. The van der Waals surface area contributed by atoms with E-state index in [9.17, 15) is 10.2 Å². The average molecular weight is 538 g/mol. The van der Waals surface area contributed by atoms with Crippen molar-refractivity contribution in [1.29, 1.82) is 0 Å². The number of rotatable bonds is 8. The van der Waals surface area contributed by atoms with Crippen LogP contribution in [0.2, 0.25) is 0 Å². The number of anilines is 3. The maximum Gasteiger partial charge on any atom is 0.261 e. The third kappa shape index (κ3) is 5.00. The van der Waals surface area contributed by atoms with E-state index in [4.69, 9.17) is 9.26 Å². The summed E-state index contributed by atoms with van der Waals surface area (Å²) in [5.41, 5.74) is 3.20. The SMILES string of the molecule is CC1(C)OC(O)c2ccc(Nc3cc(N[C@H](CO)c4ccccc4)c(-c4nc(-c5ccccn5)no4)cn3)nc21. The highest BCUT2D eigenvalue weighted by Gasteiger charge is 2.38. The van der Waals surface area contributed by atoms with Crippen LogP contribution in [-0.2, 0) is 10.3 Å². The third-order valence-electron chi connectivity index (χ3n) is 6.59. The van der Waals surface area contributed by atoms with Crippen LogP contribution in [-0.4, -0.2) is 41.9 Å². The van der Waals surface area contributed by atoms with Crippen molar-refractivity contribution >= 4 is 17.3 Å². The number of pyridine rings is 3. The Kier molecular flexibility index (Phi) is 6.68. The molecule has 1 aliphatic rings. The summed E-state index contributed by atoms with van der Waals surface area (Å²) >= 11 is 0. The lowest BCUT2D eigenvalue weighted by atomic mass is 10.0. The lowest BCUT2D eigenvalue weighted by Gasteiger charge is -2.20. The van der Waals surface area contributed by atoms with Crippen molar-refractivity contribution in [2.24, 2.45) is 0 Å². The molecule has 0 aliphatic carbocycles. The van der Waals surface area contributed by atoms with Crippen molar-refractivity contribution < 1.29 is 19.5 Å². The Labute approximate surface area is 229 Å². The van der Waals surface area contributed by atoms with Gasteiger partial charge in [-0.1, -0.05) is 41.6 Å². The summed E-state index contributed by atoms with van der Waals surface area (Å²) in [5, 5.41) is 31.1. The first-order chi connectivity index (χ1) is 19.4. The zero-order valence-corrected chi connectivity index (χ0v) is 21.8. The first-order valence-electron chi connectivity index (χ1n) is 12.7. The van der Waals surface area contributed by atoms with Gasteiger partial charge in [0.15, 0.2) is 6.29 Å². The normalized spacial score (nSPS) is 16.4. The maximum absolute atomic E-state index is 10.2. The van der Waals surface area contributed by atoms with Crippen LogP contribution in [0.25, 0.3) is 23.0 Å². The number of hydrogen-bond acceptors (Lipinski definition) is 11. The van der Waals surface area contributed by atoms with Crippen molar-refractivity contribution in [1.82, 2.24) is 25.1 Å². The van der Waals surface area contributed by atoms with Crippen LogP contribution in [0.1, 0.15) is 43.0 Å². The van der Waals surface area contributed by atoms with Gasteiger partial charge < -0.3 is 30.1 Å². The van der Waals surface area contributed by atoms with Gasteiger partial charge in [0.25, 0.3) is 5.89 Å². The molecule has 5 heterocycles. The zero-order chi connectivity index (χ0) is 27.7. The molecule has 0 radical (unpaired) electrons. The number of fused-ring (bicyclic) bond motifs is 1. The smallest absolute Gasteiger partial charge is 0.261 e. The highest BCUT2D eigenvalue weighted by Crippen LogP contribution is 2.41. The number of ether oxygens (including phenoxy) is 1. The lowest BCUT2D eigenvalue weighted by molar-refractivity contribution is -0.158. The number of aliphatic hydroxyl groups is 2. The Morgan fingerprint density at radius 1 is 0.975 bits per heavy atom. The van der Waals surface area contributed by atoms with Gasteiger partial charge in [-0.05, 0) is 43.7 Å². The average Bonchev–Trinajstić information content (AvgIpc) is 3.55. The summed E-state index contributed by atoms with van der Waals surface area (Å²) in [4.78, 5) is 18.1. The van der Waals surface area contributed by atoms with Gasteiger partial charge in [-0.15, -0.1) is 0 Å². The molecular formula is C29H27N7O4. The minimum absolute atomic E-state index is 0.151. The summed E-state index contributed by atoms with van der Waals surface area (Å²) in [6.07, 6.45) is 2.26. The monoisotopic (exact) mass is 537 g/mol. The Morgan fingerprint density at radius 2 is 1.80 bits per heavy atom. The minimum atomic E-state index is -1.02. The van der Waals surface area contributed by atoms with E-state index < -0.39 is 17.9 Å². The molecule has 0 amide bonds. The molecule has 4 N–H and O–H groups in total. The second kappa shape index (κ2) is 10.5. The molecule has 0 spiro atoms. The Balaban J connectivity index is 1.36. The van der Waals surface area contributed by atoms with Crippen LogP contribution in [0.5, 0.6) is 0 Å². The topological polar surface area (TPSA) is 151 Å². The predicted molar refractivity (Wildman–Crippen MR) is 147 cm³/mol. The highest BCUT2D eigenvalue weighted by atomic mass is 16.6. The van der Waals surface area contributed by atoms with E-state index in [1.165, 1.54) is 0 Å². The van der Waals surface area contributed by atoms with Gasteiger partial charge in [0.05, 0.1) is 29.6 Å². The van der Waals surface area contributed by atoms with E-state index in [-0.39, 0.29) is 12.5 Å². The summed E-state index contributed by atoms with van der Waals surface area (Å²) in [5.74, 6) is 1.62. The summed E-state index contributed by atoms with van der Waals surface area (Å²) < 4.78 is 11.2. The highest BCUT2D eigenvalue weighted by molar-refractivity contribution is 5.76. The number of hydrogen-bond donors (Lipinski definition) is 4. The molecule has 0 bridgehead atoms. The second-order valence-electron chi connectivity index (χ2n) is 9.78. The quantitative estimate of drug-likeness (QED) is 0.217. The molecule has 1 aromatic carbocycles. The van der Waals surface area contributed by atoms with Gasteiger partial charge in [0.2, 0.25) is 5.82 Å². The molecule has 1 unspecified atom stereocenters. The van der Waals surface area contributed by atoms with Crippen molar-refractivity contribution in [3.8, 4) is 23.0 Å². The van der Waals surface area contributed by atoms with Gasteiger partial charge in [-0.3, -0.25) is 4.98 Å². The number of nitrogens with zero attached hydrogens (tertiary/aromatic N) is 5. The van der Waals surface area contributed by atoms with Gasteiger partial charge >= 0.3 is 0 Å². The molecule has 11 heteroatoms. The molecule has 6 rings (SSSR count). The van der Waals surface area contributed by atoms with E-state index >= 15 is 0 Å². The van der Waals surface area contributed by atoms with Gasteiger partial charge in [-0.2, -0.15) is 4.98 Å². The Hall–Kier alpha value is -4.71. The number of nitrogens with one attached hydrogen (secondary N) is 2. The molecule has 5 aromatic rings. The summed E-state index contributed by atoms with van der Waals surface area (Å²) in [6.45, 7) is 3.56. The van der Waals surface area contributed by atoms with E-state index in [1.807, 2.05) is 56.3 Å². The van der Waals surface area contributed by atoms with Crippen LogP contribution in [0.4, 0.5) is 17.3 Å². The Morgan fingerprint density at radius 3 is 2.58 bits per heavy atom. The number of aliphatic hydroxyl groups excluding tert-OH is 2. The lowest BCUT2D eigenvalue weighted by Crippen LogP contribution is -2.17. The van der Waals surface area contributed by atoms with E-state index in [0.29, 0.717) is 45.7 Å². The third-order valence-corrected chi connectivity index (χ3v) is 6.59. The number of benzene rings is 1. The van der Waals surface area contributed by atoms with Crippen LogP contribution < -0.4 is 10.6 Å². The fraction of sp³-hybridized carbons (Fsp3) is 0.207. The van der Waals surface area contributed by atoms with Crippen LogP contribution in [0.3, 0.4) is 0 Å². The number of aromatic nitrogens is 5. The van der Waals surface area contributed by atoms with E-state index in [2.05, 4.69) is 35.7 Å². The molecule has 0 fully saturated rings. The van der Waals surface area contributed by atoms with E-state index in [0.717, 1.165) is 5.56 Å². The van der Waals surface area contributed by atoms with Crippen molar-refractivity contribution in [2.75, 3.05) is 17.2 Å². The summed E-state index contributed by atoms with van der Waals surface area (Å²) in [7, 11) is 0. The maximum atomic E-state index is 10.2. The molecule has 4 aromatic heterocycles. The second-order valence-corrected chi connectivity index (χ2v) is 9.78. The molecular weight excluding hydrogens is 510 g/mol. The first kappa shape index (κ1) is 25.6. The fourth-order valence-corrected chi connectivity index (χ4v) is 4.60. The Bertz CT molecular complexity index is 1630. The molecule has 2 atom stereocenters. The van der Waals surface area contributed by atoms with Gasteiger partial charge in [0, 0.05) is 24.0 Å². The van der Waals surface area contributed by atoms with Crippen LogP contribution in [0, 0.1) is 0 Å².